The summed E-state index contributed by atoms with van der Waals surface area (Å²) in [6.07, 6.45) is 3.18. The van der Waals surface area contributed by atoms with E-state index in [1.54, 1.807) is 37.5 Å². The maximum Gasteiger partial charge on any atom is 0.272 e. The molecular formula is C20H19N5O3. The number of carbonyl (C=O) groups excluding carboxylic acids is 1. The fourth-order valence-corrected chi connectivity index (χ4v) is 3.15. The number of hydrogen-bond acceptors (Lipinski definition) is 5. The van der Waals surface area contributed by atoms with Gasteiger partial charge >= 0.3 is 0 Å². The summed E-state index contributed by atoms with van der Waals surface area (Å²) in [6, 6.07) is 13.0. The Morgan fingerprint density at radius 2 is 1.79 bits per heavy atom. The summed E-state index contributed by atoms with van der Waals surface area (Å²) in [5, 5.41) is 11.5. The predicted octanol–water partition coefficient (Wildman–Crippen LogP) is 3.03. The SMILES string of the molecule is COc1ccc2c(c1)cc(C(=O)Nc1cc(-n3cnnc3)ccc1OC)n2C. The lowest BCUT2D eigenvalue weighted by atomic mass is 10.2. The summed E-state index contributed by atoms with van der Waals surface area (Å²) in [6.45, 7) is 0. The van der Waals surface area contributed by atoms with Gasteiger partial charge in [-0.3, -0.25) is 9.36 Å². The van der Waals surface area contributed by atoms with Crippen molar-refractivity contribution in [3.63, 3.8) is 0 Å². The highest BCUT2D eigenvalue weighted by molar-refractivity contribution is 6.07. The van der Waals surface area contributed by atoms with Gasteiger partial charge in [-0.1, -0.05) is 0 Å². The number of ether oxygens (including phenoxy) is 2. The summed E-state index contributed by atoms with van der Waals surface area (Å²) in [5.41, 5.74) is 2.83. The molecule has 1 amide bonds. The van der Waals surface area contributed by atoms with Crippen molar-refractivity contribution in [1.82, 2.24) is 19.3 Å². The van der Waals surface area contributed by atoms with Crippen LogP contribution in [0.4, 0.5) is 5.69 Å². The number of nitrogens with one attached hydrogen (secondary N) is 1. The largest absolute Gasteiger partial charge is 0.497 e. The molecular weight excluding hydrogens is 358 g/mol. The van der Waals surface area contributed by atoms with Crippen LogP contribution in [0.1, 0.15) is 10.5 Å². The van der Waals surface area contributed by atoms with E-state index in [-0.39, 0.29) is 5.91 Å². The number of carbonyl (C=O) groups is 1. The van der Waals surface area contributed by atoms with Gasteiger partial charge in [-0.05, 0) is 42.5 Å². The van der Waals surface area contributed by atoms with Crippen molar-refractivity contribution in [3.8, 4) is 17.2 Å². The lowest BCUT2D eigenvalue weighted by Crippen LogP contribution is -2.16. The molecule has 28 heavy (non-hydrogen) atoms. The van der Waals surface area contributed by atoms with Crippen LogP contribution in [0.2, 0.25) is 0 Å². The van der Waals surface area contributed by atoms with E-state index in [9.17, 15) is 4.79 Å². The molecule has 0 aliphatic rings. The molecule has 0 aliphatic heterocycles. The zero-order valence-electron chi connectivity index (χ0n) is 15.7. The van der Waals surface area contributed by atoms with Gasteiger partial charge < -0.3 is 19.4 Å². The molecule has 0 aliphatic carbocycles. The summed E-state index contributed by atoms with van der Waals surface area (Å²) in [5.74, 6) is 1.07. The Labute approximate surface area is 161 Å². The van der Waals surface area contributed by atoms with Gasteiger partial charge in [-0.2, -0.15) is 0 Å². The van der Waals surface area contributed by atoms with Gasteiger partial charge in [0, 0.05) is 18.0 Å². The van der Waals surface area contributed by atoms with Crippen LogP contribution < -0.4 is 14.8 Å². The van der Waals surface area contributed by atoms with Gasteiger partial charge in [0.05, 0.1) is 25.6 Å². The van der Waals surface area contributed by atoms with Gasteiger partial charge in [0.2, 0.25) is 0 Å². The van der Waals surface area contributed by atoms with Crippen LogP contribution in [-0.2, 0) is 7.05 Å². The second kappa shape index (κ2) is 7.07. The third-order valence-electron chi connectivity index (χ3n) is 4.63. The number of aryl methyl sites for hydroxylation is 1. The molecule has 2 heterocycles. The smallest absolute Gasteiger partial charge is 0.272 e. The fraction of sp³-hybridized carbons (Fsp3) is 0.150. The molecule has 0 radical (unpaired) electrons. The first-order valence-corrected chi connectivity index (χ1v) is 8.58. The van der Waals surface area contributed by atoms with Gasteiger partial charge in [-0.15, -0.1) is 10.2 Å². The molecule has 0 unspecified atom stereocenters. The van der Waals surface area contributed by atoms with E-state index in [1.807, 2.05) is 48.0 Å². The molecule has 0 atom stereocenters. The summed E-state index contributed by atoms with van der Waals surface area (Å²) in [7, 11) is 5.04. The Balaban J connectivity index is 1.69. The van der Waals surface area contributed by atoms with E-state index >= 15 is 0 Å². The average Bonchev–Trinajstić information content (AvgIpc) is 3.36. The molecule has 4 rings (SSSR count). The minimum absolute atomic E-state index is 0.239. The van der Waals surface area contributed by atoms with Crippen molar-refractivity contribution in [3.05, 3.63) is 60.8 Å². The van der Waals surface area contributed by atoms with Crippen molar-refractivity contribution in [2.24, 2.45) is 7.05 Å². The Morgan fingerprint density at radius 3 is 2.50 bits per heavy atom. The van der Waals surface area contributed by atoms with E-state index in [1.165, 1.54) is 0 Å². The molecule has 8 heteroatoms. The first kappa shape index (κ1) is 17.6. The third-order valence-corrected chi connectivity index (χ3v) is 4.63. The number of anilines is 1. The van der Waals surface area contributed by atoms with E-state index in [0.29, 0.717) is 17.1 Å². The van der Waals surface area contributed by atoms with Crippen LogP contribution in [0.25, 0.3) is 16.6 Å². The number of fused-ring (bicyclic) bond motifs is 1. The first-order valence-electron chi connectivity index (χ1n) is 8.58. The quantitative estimate of drug-likeness (QED) is 0.578. The number of rotatable bonds is 5. The van der Waals surface area contributed by atoms with Crippen LogP contribution in [0.5, 0.6) is 11.5 Å². The maximum absolute atomic E-state index is 13.0. The van der Waals surface area contributed by atoms with Crippen molar-refractivity contribution in [1.29, 1.82) is 0 Å². The van der Waals surface area contributed by atoms with Crippen LogP contribution in [0.3, 0.4) is 0 Å². The van der Waals surface area contributed by atoms with E-state index < -0.39 is 0 Å². The van der Waals surface area contributed by atoms with Crippen LogP contribution in [0, 0.1) is 0 Å². The monoisotopic (exact) mass is 377 g/mol. The Hall–Kier alpha value is -3.81. The maximum atomic E-state index is 13.0. The molecule has 4 aromatic rings. The third kappa shape index (κ3) is 3.05. The van der Waals surface area contributed by atoms with Crippen molar-refractivity contribution < 1.29 is 14.3 Å². The van der Waals surface area contributed by atoms with Crippen LogP contribution in [-0.4, -0.2) is 39.5 Å². The van der Waals surface area contributed by atoms with Gasteiger partial charge in [0.25, 0.3) is 5.91 Å². The number of hydrogen-bond donors (Lipinski definition) is 1. The molecule has 0 fully saturated rings. The van der Waals surface area contributed by atoms with Crippen molar-refractivity contribution >= 4 is 22.5 Å². The number of nitrogens with zero attached hydrogens (tertiary/aromatic N) is 4. The Bertz CT molecular complexity index is 1150. The zero-order chi connectivity index (χ0) is 19.7. The second-order valence-electron chi connectivity index (χ2n) is 6.22. The zero-order valence-corrected chi connectivity index (χ0v) is 15.7. The summed E-state index contributed by atoms with van der Waals surface area (Å²) < 4.78 is 14.3. The molecule has 0 saturated carbocycles. The number of benzene rings is 2. The molecule has 142 valence electrons. The van der Waals surface area contributed by atoms with E-state index in [0.717, 1.165) is 22.3 Å². The fourth-order valence-electron chi connectivity index (χ4n) is 3.15. The standard InChI is InChI=1S/C20H19N5O3/c1-24-17-6-5-15(27-2)8-13(17)9-18(24)20(26)23-16-10-14(4-7-19(16)28-3)25-11-21-22-12-25/h4-12H,1-3H3,(H,23,26). The molecule has 8 nitrogen and oxygen atoms in total. The molecule has 0 spiro atoms. The van der Waals surface area contributed by atoms with Gasteiger partial charge in [0.1, 0.15) is 29.8 Å². The summed E-state index contributed by atoms with van der Waals surface area (Å²) >= 11 is 0. The first-order chi connectivity index (χ1) is 13.6. The number of amides is 1. The lowest BCUT2D eigenvalue weighted by Gasteiger charge is -2.12. The van der Waals surface area contributed by atoms with Crippen LogP contribution >= 0.6 is 0 Å². The highest BCUT2D eigenvalue weighted by Gasteiger charge is 2.16. The number of methoxy groups -OCH3 is 2. The predicted molar refractivity (Wildman–Crippen MR) is 105 cm³/mol. The minimum Gasteiger partial charge on any atom is -0.497 e. The van der Waals surface area contributed by atoms with Crippen molar-refractivity contribution in [2.75, 3.05) is 19.5 Å². The van der Waals surface area contributed by atoms with Gasteiger partial charge in [0.15, 0.2) is 0 Å². The molecule has 2 aromatic heterocycles. The Morgan fingerprint density at radius 1 is 1.00 bits per heavy atom. The van der Waals surface area contributed by atoms with Gasteiger partial charge in [-0.25, -0.2) is 0 Å². The average molecular weight is 377 g/mol. The van der Waals surface area contributed by atoms with Crippen LogP contribution in [0.15, 0.2) is 55.1 Å². The summed E-state index contributed by atoms with van der Waals surface area (Å²) in [4.78, 5) is 13.0. The number of aromatic nitrogens is 4. The minimum atomic E-state index is -0.239. The van der Waals surface area contributed by atoms with Crippen molar-refractivity contribution in [2.45, 2.75) is 0 Å². The van der Waals surface area contributed by atoms with E-state index in [2.05, 4.69) is 15.5 Å². The highest BCUT2D eigenvalue weighted by atomic mass is 16.5. The topological polar surface area (TPSA) is 83.2 Å². The molecule has 2 aromatic carbocycles. The molecule has 1 N–H and O–H groups in total. The normalized spacial score (nSPS) is 10.8. The molecule has 0 saturated heterocycles. The highest BCUT2D eigenvalue weighted by Crippen LogP contribution is 2.29. The Kier molecular flexibility index (Phi) is 4.44. The lowest BCUT2D eigenvalue weighted by molar-refractivity contribution is 0.101. The van der Waals surface area contributed by atoms with E-state index in [4.69, 9.17) is 9.47 Å². The molecule has 0 bridgehead atoms. The second-order valence-corrected chi connectivity index (χ2v) is 6.22.